The molecule has 0 radical (unpaired) electrons. The van der Waals surface area contributed by atoms with Crippen LogP contribution in [0.1, 0.15) is 19.8 Å². The maximum atomic E-state index is 12.1. The second-order valence-electron chi connectivity index (χ2n) is 3.82. The van der Waals surface area contributed by atoms with Gasteiger partial charge in [0.15, 0.2) is 0 Å². The van der Waals surface area contributed by atoms with Crippen LogP contribution in [0, 0.1) is 0 Å². The molecule has 1 aromatic rings. The van der Waals surface area contributed by atoms with Crippen LogP contribution in [0.2, 0.25) is 5.02 Å². The Labute approximate surface area is 118 Å². The molecule has 1 atom stereocenters. The maximum Gasteiger partial charge on any atom is 0.241 e. The molecule has 1 unspecified atom stereocenters. The van der Waals surface area contributed by atoms with Crippen LogP contribution in [0.25, 0.3) is 0 Å². The number of hydrogen-bond acceptors (Lipinski definition) is 3. The summed E-state index contributed by atoms with van der Waals surface area (Å²) in [5.41, 5.74) is 5.52. The summed E-state index contributed by atoms with van der Waals surface area (Å²) in [5.74, 6) is 0. The number of benzene rings is 1. The number of sulfonamides is 1. The van der Waals surface area contributed by atoms with E-state index in [-0.39, 0.29) is 9.88 Å². The molecule has 0 saturated carbocycles. The summed E-state index contributed by atoms with van der Waals surface area (Å²) in [7, 11) is -3.65. The molecular weight excluding hydrogens is 292 g/mol. The number of nitrogens with one attached hydrogen (secondary N) is 1. The zero-order valence-electron chi connectivity index (χ0n) is 9.89. The van der Waals surface area contributed by atoms with Crippen LogP contribution in [0.15, 0.2) is 29.2 Å². The lowest BCUT2D eigenvalue weighted by atomic mass is 10.2. The second kappa shape index (κ2) is 6.47. The predicted octanol–water partition coefficient (Wildman–Crippen LogP) is 2.07. The Morgan fingerprint density at radius 3 is 2.72 bits per heavy atom. The van der Waals surface area contributed by atoms with Crippen LogP contribution < -0.4 is 10.5 Å². The van der Waals surface area contributed by atoms with Crippen LogP contribution in [-0.4, -0.2) is 19.4 Å². The van der Waals surface area contributed by atoms with Gasteiger partial charge in [0.25, 0.3) is 0 Å². The Kier molecular flexibility index (Phi) is 5.52. The van der Waals surface area contributed by atoms with Crippen LogP contribution >= 0.6 is 23.8 Å². The van der Waals surface area contributed by atoms with E-state index in [2.05, 4.69) is 4.72 Å². The molecule has 0 heterocycles. The molecule has 1 rings (SSSR count). The van der Waals surface area contributed by atoms with Gasteiger partial charge in [0.2, 0.25) is 10.0 Å². The Hall–Kier alpha value is -0.690. The molecule has 0 aliphatic heterocycles. The number of rotatable bonds is 6. The number of nitrogens with two attached hydrogens (primary N) is 1. The first-order valence-electron chi connectivity index (χ1n) is 5.44. The van der Waals surface area contributed by atoms with Crippen LogP contribution in [0.4, 0.5) is 0 Å². The summed E-state index contributed by atoms with van der Waals surface area (Å²) in [4.78, 5) is 0.245. The molecule has 3 N–H and O–H groups in total. The van der Waals surface area contributed by atoms with Gasteiger partial charge in [-0.25, -0.2) is 13.1 Å². The third-order valence-electron chi connectivity index (χ3n) is 2.32. The van der Waals surface area contributed by atoms with E-state index in [1.807, 2.05) is 6.92 Å². The average molecular weight is 307 g/mol. The average Bonchev–Trinajstić information content (AvgIpc) is 2.28. The molecular formula is C11H15ClN2O2S2. The quantitative estimate of drug-likeness (QED) is 0.789. The van der Waals surface area contributed by atoms with Gasteiger partial charge in [-0.3, -0.25) is 0 Å². The van der Waals surface area contributed by atoms with Gasteiger partial charge < -0.3 is 5.73 Å². The minimum atomic E-state index is -3.65. The zero-order chi connectivity index (χ0) is 13.8. The number of halogens is 1. The lowest BCUT2D eigenvalue weighted by Gasteiger charge is -2.16. The normalized spacial score (nSPS) is 13.2. The van der Waals surface area contributed by atoms with Crippen molar-refractivity contribution in [3.63, 3.8) is 0 Å². The highest BCUT2D eigenvalue weighted by Crippen LogP contribution is 2.16. The first-order chi connectivity index (χ1) is 8.36. The lowest BCUT2D eigenvalue weighted by molar-refractivity contribution is 0.567. The molecule has 0 aliphatic rings. The summed E-state index contributed by atoms with van der Waals surface area (Å²) < 4.78 is 26.7. The van der Waals surface area contributed by atoms with E-state index in [1.165, 1.54) is 12.1 Å². The van der Waals surface area contributed by atoms with Crippen molar-refractivity contribution in [1.29, 1.82) is 0 Å². The van der Waals surface area contributed by atoms with E-state index in [0.717, 1.165) is 6.42 Å². The molecule has 0 saturated heterocycles. The fourth-order valence-corrected chi connectivity index (χ4v) is 3.24. The predicted molar refractivity (Wildman–Crippen MR) is 77.3 cm³/mol. The minimum Gasteiger partial charge on any atom is -0.392 e. The molecule has 7 heteroatoms. The van der Waals surface area contributed by atoms with E-state index in [1.54, 1.807) is 12.1 Å². The van der Waals surface area contributed by atoms with Crippen molar-refractivity contribution in [2.24, 2.45) is 5.73 Å². The van der Waals surface area contributed by atoms with E-state index in [0.29, 0.717) is 11.4 Å². The van der Waals surface area contributed by atoms with Crippen LogP contribution in [0.5, 0.6) is 0 Å². The van der Waals surface area contributed by atoms with Crippen molar-refractivity contribution < 1.29 is 8.42 Å². The second-order valence-corrected chi connectivity index (χ2v) is 6.44. The van der Waals surface area contributed by atoms with Crippen LogP contribution in [-0.2, 0) is 10.0 Å². The van der Waals surface area contributed by atoms with Crippen molar-refractivity contribution in [2.45, 2.75) is 30.7 Å². The van der Waals surface area contributed by atoms with Gasteiger partial charge in [-0.1, -0.05) is 43.2 Å². The van der Waals surface area contributed by atoms with Crippen molar-refractivity contribution in [3.8, 4) is 0 Å². The largest absolute Gasteiger partial charge is 0.392 e. The first-order valence-corrected chi connectivity index (χ1v) is 7.71. The lowest BCUT2D eigenvalue weighted by Crippen LogP contribution is -2.43. The number of thiocarbonyl (C=S) groups is 1. The van der Waals surface area contributed by atoms with Crippen molar-refractivity contribution in [2.75, 3.05) is 0 Å². The maximum absolute atomic E-state index is 12.1. The van der Waals surface area contributed by atoms with Gasteiger partial charge in [-0.2, -0.15) is 0 Å². The summed E-state index contributed by atoms with van der Waals surface area (Å²) in [6.45, 7) is 1.93. The molecule has 0 fully saturated rings. The Bertz CT molecular complexity index is 532. The Balaban J connectivity index is 2.97. The van der Waals surface area contributed by atoms with E-state index >= 15 is 0 Å². The Morgan fingerprint density at radius 2 is 2.22 bits per heavy atom. The van der Waals surface area contributed by atoms with E-state index in [4.69, 9.17) is 29.6 Å². The highest BCUT2D eigenvalue weighted by molar-refractivity contribution is 7.89. The molecule has 0 amide bonds. The van der Waals surface area contributed by atoms with Gasteiger partial charge in [0.1, 0.15) is 0 Å². The molecule has 0 aliphatic carbocycles. The van der Waals surface area contributed by atoms with Gasteiger partial charge in [0, 0.05) is 5.02 Å². The highest BCUT2D eigenvalue weighted by Gasteiger charge is 2.21. The van der Waals surface area contributed by atoms with E-state index < -0.39 is 16.1 Å². The summed E-state index contributed by atoms with van der Waals surface area (Å²) >= 11 is 10.6. The molecule has 4 nitrogen and oxygen atoms in total. The SMILES string of the molecule is CCCC(NS(=O)(=O)c1cccc(Cl)c1)C(N)=S. The summed E-state index contributed by atoms with van der Waals surface area (Å²) in [6.07, 6.45) is 1.34. The zero-order valence-corrected chi connectivity index (χ0v) is 12.3. The summed E-state index contributed by atoms with van der Waals surface area (Å²) in [5, 5.41) is 0.361. The minimum absolute atomic E-state index is 0.104. The third-order valence-corrected chi connectivity index (χ3v) is 4.31. The van der Waals surface area contributed by atoms with Gasteiger partial charge >= 0.3 is 0 Å². The molecule has 18 heavy (non-hydrogen) atoms. The standard InChI is InChI=1S/C11H15ClN2O2S2/c1-2-4-10(11(13)17)14-18(15,16)9-6-3-5-8(12)7-9/h3,5-7,10,14H,2,4H2,1H3,(H2,13,17). The molecule has 0 bridgehead atoms. The first kappa shape index (κ1) is 15.4. The molecule has 0 aromatic heterocycles. The molecule has 0 spiro atoms. The van der Waals surface area contributed by atoms with Crippen LogP contribution in [0.3, 0.4) is 0 Å². The van der Waals surface area contributed by atoms with E-state index in [9.17, 15) is 8.42 Å². The molecule has 1 aromatic carbocycles. The van der Waals surface area contributed by atoms with Gasteiger partial charge in [-0.15, -0.1) is 0 Å². The van der Waals surface area contributed by atoms with Gasteiger partial charge in [0.05, 0.1) is 15.9 Å². The van der Waals surface area contributed by atoms with Crippen molar-refractivity contribution in [1.82, 2.24) is 4.72 Å². The third kappa shape index (κ3) is 4.20. The Morgan fingerprint density at radius 1 is 1.56 bits per heavy atom. The van der Waals surface area contributed by atoms with Gasteiger partial charge in [-0.05, 0) is 24.6 Å². The van der Waals surface area contributed by atoms with Crippen molar-refractivity contribution in [3.05, 3.63) is 29.3 Å². The topological polar surface area (TPSA) is 72.2 Å². The smallest absolute Gasteiger partial charge is 0.241 e. The fourth-order valence-electron chi connectivity index (χ4n) is 1.44. The van der Waals surface area contributed by atoms with Crippen molar-refractivity contribution >= 4 is 38.8 Å². The fraction of sp³-hybridized carbons (Fsp3) is 0.364. The monoisotopic (exact) mass is 306 g/mol. The highest BCUT2D eigenvalue weighted by atomic mass is 35.5. The summed E-state index contributed by atoms with van der Waals surface area (Å²) in [6, 6.07) is 5.50. The number of hydrogen-bond donors (Lipinski definition) is 2. The molecule has 100 valence electrons.